The van der Waals surface area contributed by atoms with Gasteiger partial charge in [-0.2, -0.15) is 31.6 Å². The molecule has 0 saturated heterocycles. The highest BCUT2D eigenvalue weighted by Gasteiger charge is 2.36. The van der Waals surface area contributed by atoms with Crippen LogP contribution in [0.3, 0.4) is 0 Å². The molecule has 0 bridgehead atoms. The molecule has 0 amide bonds. The molecule has 32 heavy (non-hydrogen) atoms. The first-order valence-corrected chi connectivity index (χ1v) is 8.98. The van der Waals surface area contributed by atoms with Crippen molar-refractivity contribution >= 4 is 11.4 Å². The minimum atomic E-state index is -4.90. The molecule has 0 aliphatic heterocycles. The topological polar surface area (TPSA) is 44.5 Å². The van der Waals surface area contributed by atoms with E-state index < -0.39 is 36.7 Å². The van der Waals surface area contributed by atoms with Gasteiger partial charge in [-0.15, -0.1) is 0 Å². The van der Waals surface area contributed by atoms with Crippen LogP contribution in [0, 0.1) is 17.9 Å². The number of alkyl halides is 6. The number of benzene rings is 2. The summed E-state index contributed by atoms with van der Waals surface area (Å²) >= 11 is 0. The minimum Gasteiger partial charge on any atom is -0.467 e. The number of rotatable bonds is 5. The Bertz CT molecular complexity index is 1180. The number of anilines is 1. The summed E-state index contributed by atoms with van der Waals surface area (Å²) in [6.45, 7) is 4.90. The van der Waals surface area contributed by atoms with E-state index in [0.29, 0.717) is 27.7 Å². The Kier molecular flexibility index (Phi) is 6.17. The van der Waals surface area contributed by atoms with Gasteiger partial charge in [0.1, 0.15) is 12.3 Å². The van der Waals surface area contributed by atoms with E-state index in [0.717, 1.165) is 12.1 Å². The van der Waals surface area contributed by atoms with Crippen LogP contribution in [0.5, 0.6) is 0 Å². The number of nitriles is 1. The van der Waals surface area contributed by atoms with Crippen molar-refractivity contribution in [2.75, 3.05) is 11.4 Å². The van der Waals surface area contributed by atoms with Crippen LogP contribution in [-0.2, 0) is 12.7 Å². The zero-order chi connectivity index (χ0) is 23.5. The van der Waals surface area contributed by atoms with E-state index in [1.165, 1.54) is 12.3 Å². The maximum absolute atomic E-state index is 13.3. The van der Waals surface area contributed by atoms with Gasteiger partial charge in [0, 0.05) is 11.3 Å². The first-order valence-electron chi connectivity index (χ1n) is 8.98. The second kappa shape index (κ2) is 8.67. The standard InChI is InChI=1S/C22H13F6N3O/c1-30-20-7-6-17(9-19(20)22(26,27)28)31(13-21(23,24)25)11-18-8-16(12-32-18)15-4-2-14(10-29)3-5-15/h2-9,12H,11,13H2. The van der Waals surface area contributed by atoms with E-state index in [4.69, 9.17) is 16.3 Å². The molecular formula is C22H13F6N3O. The fourth-order valence-corrected chi connectivity index (χ4v) is 3.04. The van der Waals surface area contributed by atoms with E-state index in [2.05, 4.69) is 4.85 Å². The van der Waals surface area contributed by atoms with Crippen LogP contribution in [-0.4, -0.2) is 12.7 Å². The van der Waals surface area contributed by atoms with E-state index in [9.17, 15) is 26.3 Å². The summed E-state index contributed by atoms with van der Waals surface area (Å²) in [5, 5.41) is 8.85. The highest BCUT2D eigenvalue weighted by molar-refractivity contribution is 5.65. The molecule has 1 aromatic heterocycles. The third kappa shape index (κ3) is 5.41. The van der Waals surface area contributed by atoms with E-state index in [1.54, 1.807) is 24.3 Å². The van der Waals surface area contributed by atoms with Crippen LogP contribution in [0.25, 0.3) is 16.0 Å². The number of nitrogens with zero attached hydrogens (tertiary/aromatic N) is 3. The van der Waals surface area contributed by atoms with Crippen LogP contribution >= 0.6 is 0 Å². The molecule has 0 atom stereocenters. The summed E-state index contributed by atoms with van der Waals surface area (Å²) in [5.41, 5.74) is -0.738. The van der Waals surface area contributed by atoms with Crippen LogP contribution in [0.2, 0.25) is 0 Å². The van der Waals surface area contributed by atoms with Gasteiger partial charge in [-0.05, 0) is 35.9 Å². The molecule has 0 unspecified atom stereocenters. The molecule has 0 aliphatic rings. The van der Waals surface area contributed by atoms with Gasteiger partial charge in [0.2, 0.25) is 0 Å². The Hall–Kier alpha value is -3.92. The quantitative estimate of drug-likeness (QED) is 0.313. The number of hydrogen-bond donors (Lipinski definition) is 0. The SMILES string of the molecule is [C-]#[N+]c1ccc(N(Cc2cc(-c3ccc(C#N)cc3)co2)CC(F)(F)F)cc1C(F)(F)F. The Balaban J connectivity index is 1.94. The van der Waals surface area contributed by atoms with E-state index >= 15 is 0 Å². The molecule has 164 valence electrons. The summed E-state index contributed by atoms with van der Waals surface area (Å²) in [5.74, 6) is 0.0939. The summed E-state index contributed by atoms with van der Waals surface area (Å²) in [6, 6.07) is 12.3. The lowest BCUT2D eigenvalue weighted by atomic mass is 10.1. The highest BCUT2D eigenvalue weighted by atomic mass is 19.4. The minimum absolute atomic E-state index is 0.0939. The maximum Gasteiger partial charge on any atom is 0.407 e. The third-order valence-corrected chi connectivity index (χ3v) is 4.49. The fourth-order valence-electron chi connectivity index (χ4n) is 3.04. The zero-order valence-electron chi connectivity index (χ0n) is 16.1. The Morgan fingerprint density at radius 1 is 0.969 bits per heavy atom. The van der Waals surface area contributed by atoms with Gasteiger partial charge in [-0.3, -0.25) is 0 Å². The lowest BCUT2D eigenvalue weighted by molar-refractivity contribution is -0.136. The van der Waals surface area contributed by atoms with Crippen molar-refractivity contribution in [3.8, 4) is 17.2 Å². The van der Waals surface area contributed by atoms with E-state index in [-0.39, 0.29) is 11.4 Å². The van der Waals surface area contributed by atoms with Crippen molar-refractivity contribution in [2.45, 2.75) is 18.9 Å². The van der Waals surface area contributed by atoms with Crippen molar-refractivity contribution in [3.63, 3.8) is 0 Å². The molecule has 2 aromatic carbocycles. The molecule has 10 heteroatoms. The van der Waals surface area contributed by atoms with Crippen molar-refractivity contribution in [3.05, 3.63) is 83.1 Å². The number of furan rings is 1. The first kappa shape index (κ1) is 22.8. The maximum atomic E-state index is 13.3. The van der Waals surface area contributed by atoms with Crippen LogP contribution in [0.1, 0.15) is 16.9 Å². The van der Waals surface area contributed by atoms with Gasteiger partial charge >= 0.3 is 12.4 Å². The molecule has 0 fully saturated rings. The lowest BCUT2D eigenvalue weighted by Crippen LogP contribution is -2.33. The molecule has 0 spiro atoms. The van der Waals surface area contributed by atoms with Crippen LogP contribution in [0.4, 0.5) is 37.7 Å². The molecule has 1 heterocycles. The normalized spacial score (nSPS) is 11.6. The molecule has 3 rings (SSSR count). The Morgan fingerprint density at radius 3 is 2.22 bits per heavy atom. The van der Waals surface area contributed by atoms with Crippen molar-refractivity contribution < 1.29 is 30.8 Å². The zero-order valence-corrected chi connectivity index (χ0v) is 16.1. The Labute approximate surface area is 178 Å². The van der Waals surface area contributed by atoms with Crippen molar-refractivity contribution in [1.82, 2.24) is 0 Å². The summed E-state index contributed by atoms with van der Waals surface area (Å²) in [4.78, 5) is 3.49. The predicted octanol–water partition coefficient (Wildman–Crippen LogP) is 6.96. The van der Waals surface area contributed by atoms with Gasteiger partial charge in [-0.1, -0.05) is 18.2 Å². The van der Waals surface area contributed by atoms with Gasteiger partial charge < -0.3 is 9.32 Å². The summed E-state index contributed by atoms with van der Waals surface area (Å²) in [7, 11) is 0. The molecule has 0 saturated carbocycles. The lowest BCUT2D eigenvalue weighted by Gasteiger charge is -2.26. The average Bonchev–Trinajstić information content (AvgIpc) is 3.20. The van der Waals surface area contributed by atoms with Crippen molar-refractivity contribution in [1.29, 1.82) is 5.26 Å². The number of hydrogen-bond acceptors (Lipinski definition) is 3. The van der Waals surface area contributed by atoms with Crippen LogP contribution in [0.15, 0.2) is 59.2 Å². The highest BCUT2D eigenvalue weighted by Crippen LogP contribution is 2.39. The molecule has 3 aromatic rings. The fraction of sp³-hybridized carbons (Fsp3) is 0.182. The van der Waals surface area contributed by atoms with Gasteiger partial charge in [0.15, 0.2) is 5.69 Å². The summed E-state index contributed by atoms with van der Waals surface area (Å²) in [6.07, 6.45) is -8.28. The second-order valence-electron chi connectivity index (χ2n) is 6.77. The molecule has 4 nitrogen and oxygen atoms in total. The van der Waals surface area contributed by atoms with Gasteiger partial charge in [0.25, 0.3) is 0 Å². The molecule has 0 N–H and O–H groups in total. The van der Waals surface area contributed by atoms with Crippen molar-refractivity contribution in [2.24, 2.45) is 0 Å². The largest absolute Gasteiger partial charge is 0.467 e. The molecule has 0 aliphatic carbocycles. The Morgan fingerprint density at radius 2 is 1.66 bits per heavy atom. The van der Waals surface area contributed by atoms with Crippen LogP contribution < -0.4 is 4.90 Å². The molecule has 0 radical (unpaired) electrons. The smallest absolute Gasteiger partial charge is 0.407 e. The van der Waals surface area contributed by atoms with Gasteiger partial charge in [-0.25, -0.2) is 4.85 Å². The summed E-state index contributed by atoms with van der Waals surface area (Å²) < 4.78 is 84.6. The third-order valence-electron chi connectivity index (χ3n) is 4.49. The second-order valence-corrected chi connectivity index (χ2v) is 6.77. The van der Waals surface area contributed by atoms with Gasteiger partial charge in [0.05, 0.1) is 36.6 Å². The predicted molar refractivity (Wildman–Crippen MR) is 104 cm³/mol. The van der Waals surface area contributed by atoms with E-state index in [1.807, 2.05) is 6.07 Å². The number of halogens is 6. The average molecular weight is 449 g/mol. The monoisotopic (exact) mass is 449 g/mol. The first-order chi connectivity index (χ1) is 15.0. The molecular weight excluding hydrogens is 436 g/mol.